The Morgan fingerprint density at radius 3 is 2.94 bits per heavy atom. The van der Waals surface area contributed by atoms with E-state index in [9.17, 15) is 4.79 Å². The van der Waals surface area contributed by atoms with Gasteiger partial charge in [-0.2, -0.15) is 5.26 Å². The molecule has 0 atom stereocenters. The molecule has 84 valence electrons. The lowest BCUT2D eigenvalue weighted by Crippen LogP contribution is -2.11. The molecule has 1 amide bonds. The molecule has 0 heterocycles. The number of benzene rings is 1. The number of rotatable bonds is 4. The Hall–Kier alpha value is -1.53. The van der Waals surface area contributed by atoms with Crippen molar-refractivity contribution in [2.75, 3.05) is 5.32 Å². The molecule has 16 heavy (non-hydrogen) atoms. The van der Waals surface area contributed by atoms with Crippen LogP contribution in [0.1, 0.15) is 31.7 Å². The SMILES string of the molecule is CCCCC(=O)Nc1cc(Cl)ccc1C#N. The summed E-state index contributed by atoms with van der Waals surface area (Å²) in [4.78, 5) is 11.5. The van der Waals surface area contributed by atoms with Crippen LogP contribution in [0.15, 0.2) is 18.2 Å². The van der Waals surface area contributed by atoms with Crippen LogP contribution in [0.4, 0.5) is 5.69 Å². The van der Waals surface area contributed by atoms with E-state index in [-0.39, 0.29) is 5.91 Å². The Bertz CT molecular complexity index is 424. The maximum Gasteiger partial charge on any atom is 0.224 e. The molecule has 0 aliphatic rings. The molecule has 0 spiro atoms. The minimum Gasteiger partial charge on any atom is -0.325 e. The highest BCUT2D eigenvalue weighted by atomic mass is 35.5. The number of hydrogen-bond donors (Lipinski definition) is 1. The van der Waals surface area contributed by atoms with Crippen LogP contribution in [0.3, 0.4) is 0 Å². The zero-order chi connectivity index (χ0) is 12.0. The Labute approximate surface area is 100 Å². The standard InChI is InChI=1S/C12H13ClN2O/c1-2-3-4-12(16)15-11-7-10(13)6-5-9(11)8-14/h5-7H,2-4H2,1H3,(H,15,16). The van der Waals surface area contributed by atoms with Gasteiger partial charge in [0.2, 0.25) is 5.91 Å². The average molecular weight is 237 g/mol. The first-order chi connectivity index (χ1) is 7.67. The van der Waals surface area contributed by atoms with Gasteiger partial charge in [-0.05, 0) is 24.6 Å². The van der Waals surface area contributed by atoms with Gasteiger partial charge in [0, 0.05) is 11.4 Å². The molecule has 0 saturated carbocycles. The fourth-order valence-corrected chi connectivity index (χ4v) is 1.44. The van der Waals surface area contributed by atoms with E-state index < -0.39 is 0 Å². The predicted octanol–water partition coefficient (Wildman–Crippen LogP) is 3.34. The van der Waals surface area contributed by atoms with Crippen molar-refractivity contribution in [1.82, 2.24) is 0 Å². The number of carbonyl (C=O) groups excluding carboxylic acids is 1. The fraction of sp³-hybridized carbons (Fsp3) is 0.333. The van der Waals surface area contributed by atoms with Crippen LogP contribution in [-0.4, -0.2) is 5.91 Å². The lowest BCUT2D eigenvalue weighted by atomic mass is 10.2. The van der Waals surface area contributed by atoms with E-state index in [1.54, 1.807) is 18.2 Å². The predicted molar refractivity (Wildman–Crippen MR) is 64.3 cm³/mol. The largest absolute Gasteiger partial charge is 0.325 e. The third kappa shape index (κ3) is 3.56. The van der Waals surface area contributed by atoms with E-state index in [2.05, 4.69) is 5.32 Å². The van der Waals surface area contributed by atoms with E-state index in [1.165, 1.54) is 0 Å². The normalized spacial score (nSPS) is 9.56. The van der Waals surface area contributed by atoms with Gasteiger partial charge < -0.3 is 5.32 Å². The number of nitrogens with zero attached hydrogens (tertiary/aromatic N) is 1. The molecule has 0 aliphatic carbocycles. The summed E-state index contributed by atoms with van der Waals surface area (Å²) < 4.78 is 0. The van der Waals surface area contributed by atoms with Crippen molar-refractivity contribution in [3.05, 3.63) is 28.8 Å². The van der Waals surface area contributed by atoms with Crippen molar-refractivity contribution in [3.8, 4) is 6.07 Å². The number of nitriles is 1. The van der Waals surface area contributed by atoms with Gasteiger partial charge in [0.15, 0.2) is 0 Å². The molecule has 0 aliphatic heterocycles. The van der Waals surface area contributed by atoms with Crippen LogP contribution in [0.2, 0.25) is 5.02 Å². The van der Waals surface area contributed by atoms with Crippen molar-refractivity contribution in [2.45, 2.75) is 26.2 Å². The molecule has 3 nitrogen and oxygen atoms in total. The number of halogens is 1. The number of amides is 1. The summed E-state index contributed by atoms with van der Waals surface area (Å²) in [5, 5.41) is 12.0. The van der Waals surface area contributed by atoms with E-state index in [0.29, 0.717) is 22.7 Å². The van der Waals surface area contributed by atoms with Crippen LogP contribution in [0.25, 0.3) is 0 Å². The number of carbonyl (C=O) groups is 1. The number of hydrogen-bond acceptors (Lipinski definition) is 2. The summed E-state index contributed by atoms with van der Waals surface area (Å²) in [6.07, 6.45) is 2.27. The summed E-state index contributed by atoms with van der Waals surface area (Å²) in [6.45, 7) is 2.02. The van der Waals surface area contributed by atoms with E-state index in [0.717, 1.165) is 12.8 Å². The fourth-order valence-electron chi connectivity index (χ4n) is 1.27. The van der Waals surface area contributed by atoms with Crippen LogP contribution < -0.4 is 5.32 Å². The maximum absolute atomic E-state index is 11.5. The second-order valence-electron chi connectivity index (χ2n) is 3.45. The highest BCUT2D eigenvalue weighted by Gasteiger charge is 2.06. The maximum atomic E-state index is 11.5. The van der Waals surface area contributed by atoms with Gasteiger partial charge in [0.05, 0.1) is 11.3 Å². The Kier molecular flexibility index (Phi) is 4.81. The monoisotopic (exact) mass is 236 g/mol. The van der Waals surface area contributed by atoms with Gasteiger partial charge in [-0.1, -0.05) is 24.9 Å². The molecule has 1 rings (SSSR count). The molecule has 0 aromatic heterocycles. The van der Waals surface area contributed by atoms with Gasteiger partial charge in [0.1, 0.15) is 6.07 Å². The first-order valence-electron chi connectivity index (χ1n) is 5.17. The van der Waals surface area contributed by atoms with Crippen molar-refractivity contribution in [2.24, 2.45) is 0 Å². The zero-order valence-corrected chi connectivity index (χ0v) is 9.84. The molecule has 1 aromatic rings. The Morgan fingerprint density at radius 1 is 1.56 bits per heavy atom. The van der Waals surface area contributed by atoms with Crippen LogP contribution in [0, 0.1) is 11.3 Å². The summed E-state index contributed by atoms with van der Waals surface area (Å²) in [5.41, 5.74) is 0.908. The second-order valence-corrected chi connectivity index (χ2v) is 3.89. The molecular formula is C12H13ClN2O. The van der Waals surface area contributed by atoms with Gasteiger partial charge in [-0.15, -0.1) is 0 Å². The lowest BCUT2D eigenvalue weighted by molar-refractivity contribution is -0.116. The molecule has 0 fully saturated rings. The van der Waals surface area contributed by atoms with Gasteiger partial charge in [-0.25, -0.2) is 0 Å². The van der Waals surface area contributed by atoms with Gasteiger partial charge in [0.25, 0.3) is 0 Å². The lowest BCUT2D eigenvalue weighted by Gasteiger charge is -2.06. The molecule has 1 aromatic carbocycles. The summed E-state index contributed by atoms with van der Waals surface area (Å²) in [7, 11) is 0. The zero-order valence-electron chi connectivity index (χ0n) is 9.09. The van der Waals surface area contributed by atoms with Crippen LogP contribution >= 0.6 is 11.6 Å². The number of anilines is 1. The minimum absolute atomic E-state index is 0.0828. The highest BCUT2D eigenvalue weighted by Crippen LogP contribution is 2.20. The third-order valence-corrected chi connectivity index (χ3v) is 2.37. The Morgan fingerprint density at radius 2 is 2.31 bits per heavy atom. The third-order valence-electron chi connectivity index (χ3n) is 2.13. The minimum atomic E-state index is -0.0828. The van der Waals surface area contributed by atoms with E-state index >= 15 is 0 Å². The first-order valence-corrected chi connectivity index (χ1v) is 5.54. The quantitative estimate of drug-likeness (QED) is 0.872. The van der Waals surface area contributed by atoms with Crippen molar-refractivity contribution in [1.29, 1.82) is 5.26 Å². The average Bonchev–Trinajstić information content (AvgIpc) is 2.27. The topological polar surface area (TPSA) is 52.9 Å². The molecular weight excluding hydrogens is 224 g/mol. The highest BCUT2D eigenvalue weighted by molar-refractivity contribution is 6.31. The van der Waals surface area contributed by atoms with Crippen LogP contribution in [-0.2, 0) is 4.79 Å². The summed E-state index contributed by atoms with van der Waals surface area (Å²) in [6, 6.07) is 6.82. The molecule has 4 heteroatoms. The number of nitrogens with one attached hydrogen (secondary N) is 1. The van der Waals surface area contributed by atoms with Crippen molar-refractivity contribution in [3.63, 3.8) is 0 Å². The number of unbranched alkanes of at least 4 members (excludes halogenated alkanes) is 1. The smallest absolute Gasteiger partial charge is 0.224 e. The summed E-state index contributed by atoms with van der Waals surface area (Å²) in [5.74, 6) is -0.0828. The van der Waals surface area contributed by atoms with Crippen molar-refractivity contribution < 1.29 is 4.79 Å². The summed E-state index contributed by atoms with van der Waals surface area (Å²) >= 11 is 5.80. The van der Waals surface area contributed by atoms with Gasteiger partial charge >= 0.3 is 0 Å². The van der Waals surface area contributed by atoms with Crippen molar-refractivity contribution >= 4 is 23.2 Å². The molecule has 0 radical (unpaired) electrons. The first kappa shape index (κ1) is 12.5. The molecule has 0 unspecified atom stereocenters. The van der Waals surface area contributed by atoms with Gasteiger partial charge in [-0.3, -0.25) is 4.79 Å². The van der Waals surface area contributed by atoms with E-state index in [1.807, 2.05) is 13.0 Å². The Balaban J connectivity index is 2.76. The van der Waals surface area contributed by atoms with Crippen LogP contribution in [0.5, 0.6) is 0 Å². The second kappa shape index (κ2) is 6.14. The molecule has 1 N–H and O–H groups in total. The van der Waals surface area contributed by atoms with E-state index in [4.69, 9.17) is 16.9 Å². The molecule has 0 bridgehead atoms. The molecule has 0 saturated heterocycles.